The molecule has 2 heteroatoms. The van der Waals surface area contributed by atoms with Gasteiger partial charge in [0.2, 0.25) is 0 Å². The zero-order valence-corrected chi connectivity index (χ0v) is 22.5. The normalized spacial score (nSPS) is 11.5. The Morgan fingerprint density at radius 1 is 0.375 bits per heavy atom. The fourth-order valence-electron chi connectivity index (χ4n) is 5.89. The summed E-state index contributed by atoms with van der Waals surface area (Å²) in [6, 6.07) is 51.9. The van der Waals surface area contributed by atoms with Crippen LogP contribution in [0.4, 0.5) is 0 Å². The zero-order valence-electron chi connectivity index (χ0n) is 21.7. The Morgan fingerprint density at radius 2 is 0.975 bits per heavy atom. The van der Waals surface area contributed by atoms with Crippen LogP contribution in [0.25, 0.3) is 75.8 Å². The molecule has 0 N–H and O–H groups in total. The van der Waals surface area contributed by atoms with Crippen LogP contribution in [0, 0.1) is 0 Å². The Morgan fingerprint density at radius 3 is 1.75 bits per heavy atom. The number of fused-ring (bicyclic) bond motifs is 4. The molecule has 0 aliphatic carbocycles. The molecule has 0 saturated heterocycles. The molecule has 1 nitrogen and oxygen atoms in total. The summed E-state index contributed by atoms with van der Waals surface area (Å²) in [5, 5.41) is 4.88. The van der Waals surface area contributed by atoms with Crippen molar-refractivity contribution in [1.82, 2.24) is 0 Å². The first kappa shape index (κ1) is 23.0. The minimum Gasteiger partial charge on any atom is -0.456 e. The van der Waals surface area contributed by atoms with Crippen molar-refractivity contribution in [2.75, 3.05) is 0 Å². The molecule has 8 aromatic rings. The number of thiophene rings is 1. The number of benzene rings is 6. The summed E-state index contributed by atoms with van der Waals surface area (Å²) < 4.78 is 6.15. The van der Waals surface area contributed by atoms with Crippen molar-refractivity contribution in [3.8, 4) is 43.1 Å². The van der Waals surface area contributed by atoms with E-state index in [1.165, 1.54) is 53.9 Å². The van der Waals surface area contributed by atoms with Crippen molar-refractivity contribution in [3.05, 3.63) is 146 Å². The first-order valence-electron chi connectivity index (χ1n) is 13.5. The van der Waals surface area contributed by atoms with Crippen molar-refractivity contribution >= 4 is 44.0 Å². The third kappa shape index (κ3) is 3.69. The Kier molecular flexibility index (Phi) is 5.39. The van der Waals surface area contributed by atoms with E-state index in [2.05, 4.69) is 133 Å². The number of para-hydroxylation sites is 1. The molecule has 0 atom stereocenters. The topological polar surface area (TPSA) is 13.1 Å². The molecule has 0 amide bonds. The number of rotatable bonds is 4. The van der Waals surface area contributed by atoms with E-state index < -0.39 is 0 Å². The van der Waals surface area contributed by atoms with Crippen molar-refractivity contribution in [1.29, 1.82) is 0 Å². The highest BCUT2D eigenvalue weighted by Gasteiger charge is 2.20. The smallest absolute Gasteiger partial charge is 0.135 e. The first-order chi connectivity index (χ1) is 19.8. The van der Waals surface area contributed by atoms with Gasteiger partial charge in [-0.2, -0.15) is 0 Å². The van der Waals surface area contributed by atoms with Gasteiger partial charge >= 0.3 is 0 Å². The van der Waals surface area contributed by atoms with E-state index in [-0.39, 0.29) is 0 Å². The van der Waals surface area contributed by atoms with Crippen molar-refractivity contribution in [2.45, 2.75) is 0 Å². The molecule has 0 aliphatic rings. The van der Waals surface area contributed by atoms with Crippen LogP contribution < -0.4 is 0 Å². The molecule has 2 heterocycles. The van der Waals surface area contributed by atoms with Crippen LogP contribution in [0.5, 0.6) is 0 Å². The van der Waals surface area contributed by atoms with Crippen LogP contribution in [0.15, 0.2) is 150 Å². The third-order valence-corrected chi connectivity index (χ3v) is 9.02. The molecule has 6 aromatic carbocycles. The van der Waals surface area contributed by atoms with Gasteiger partial charge < -0.3 is 4.42 Å². The molecule has 8 rings (SSSR count). The van der Waals surface area contributed by atoms with Crippen LogP contribution in [-0.2, 0) is 0 Å². The fraction of sp³-hybridized carbons (Fsp3) is 0. The Hall–Kier alpha value is -4.92. The van der Waals surface area contributed by atoms with Crippen LogP contribution in [-0.4, -0.2) is 0 Å². The van der Waals surface area contributed by atoms with Crippen molar-refractivity contribution in [3.63, 3.8) is 0 Å². The van der Waals surface area contributed by atoms with Gasteiger partial charge in [0.1, 0.15) is 11.2 Å². The lowest BCUT2D eigenvalue weighted by Gasteiger charge is -2.16. The molecule has 188 valence electrons. The first-order valence-corrected chi connectivity index (χ1v) is 14.3. The Labute approximate surface area is 236 Å². The zero-order chi connectivity index (χ0) is 26.5. The van der Waals surface area contributed by atoms with Crippen molar-refractivity contribution < 1.29 is 4.42 Å². The summed E-state index contributed by atoms with van der Waals surface area (Å²) in [7, 11) is 0. The maximum atomic E-state index is 6.15. The van der Waals surface area contributed by atoms with E-state index in [0.717, 1.165) is 21.9 Å². The van der Waals surface area contributed by atoms with Gasteiger partial charge in [-0.3, -0.25) is 0 Å². The molecule has 0 aliphatic heterocycles. The van der Waals surface area contributed by atoms with E-state index in [0.29, 0.717) is 0 Å². The fourth-order valence-corrected chi connectivity index (χ4v) is 7.20. The lowest BCUT2D eigenvalue weighted by molar-refractivity contribution is 0.669. The van der Waals surface area contributed by atoms with Gasteiger partial charge in [0.05, 0.1) is 0 Å². The molecule has 2 aromatic heterocycles. The SMILES string of the molecule is c1ccc(-c2c(-c3ccc4oc5ccccc5c4c3)cccc2-c2sc(-c3ccccc3)c3ccccc23)cc1. The third-order valence-electron chi connectivity index (χ3n) is 7.72. The van der Waals surface area contributed by atoms with E-state index in [4.69, 9.17) is 4.42 Å². The van der Waals surface area contributed by atoms with Crippen LogP contribution in [0.2, 0.25) is 0 Å². The number of hydrogen-bond acceptors (Lipinski definition) is 2. The maximum Gasteiger partial charge on any atom is 0.135 e. The van der Waals surface area contributed by atoms with Crippen molar-refractivity contribution in [2.24, 2.45) is 0 Å². The van der Waals surface area contributed by atoms with E-state index in [1.807, 2.05) is 23.5 Å². The van der Waals surface area contributed by atoms with Gasteiger partial charge in [0.25, 0.3) is 0 Å². The second kappa shape index (κ2) is 9.37. The van der Waals surface area contributed by atoms with Crippen LogP contribution in [0.3, 0.4) is 0 Å². The largest absolute Gasteiger partial charge is 0.456 e. The van der Waals surface area contributed by atoms with E-state index in [1.54, 1.807) is 0 Å². The van der Waals surface area contributed by atoms with Gasteiger partial charge in [-0.05, 0) is 46.0 Å². The quantitative estimate of drug-likeness (QED) is 0.221. The maximum absolute atomic E-state index is 6.15. The summed E-state index contributed by atoms with van der Waals surface area (Å²) in [4.78, 5) is 2.60. The highest BCUT2D eigenvalue weighted by Crippen LogP contribution is 2.49. The number of hydrogen-bond donors (Lipinski definition) is 0. The molecule has 0 spiro atoms. The van der Waals surface area contributed by atoms with Gasteiger partial charge in [-0.1, -0.05) is 127 Å². The second-order valence-corrected chi connectivity index (χ2v) is 11.1. The Bertz CT molecular complexity index is 2150. The average molecular weight is 529 g/mol. The van der Waals surface area contributed by atoms with Crippen LogP contribution >= 0.6 is 11.3 Å². The summed E-state index contributed by atoms with van der Waals surface area (Å²) in [5.74, 6) is 0. The molecule has 0 bridgehead atoms. The highest BCUT2D eigenvalue weighted by atomic mass is 32.1. The van der Waals surface area contributed by atoms with Crippen LogP contribution in [0.1, 0.15) is 0 Å². The monoisotopic (exact) mass is 528 g/mol. The average Bonchev–Trinajstić information content (AvgIpc) is 3.60. The van der Waals surface area contributed by atoms with E-state index >= 15 is 0 Å². The second-order valence-electron chi connectivity index (χ2n) is 10.1. The molecule has 0 fully saturated rings. The standard InChI is InChI=1S/C38H24OS/c1-3-12-25(13-4-1)36-28(27-22-23-35-33(24-27)29-16-9-10-21-34(29)39-35)19-11-20-32(36)38-31-18-8-7-17-30(31)37(40-38)26-14-5-2-6-15-26/h1-24H. The highest BCUT2D eigenvalue weighted by molar-refractivity contribution is 7.21. The molecular formula is C38H24OS. The lowest BCUT2D eigenvalue weighted by atomic mass is 9.88. The van der Waals surface area contributed by atoms with Gasteiger partial charge in [-0.25, -0.2) is 0 Å². The predicted molar refractivity (Wildman–Crippen MR) is 171 cm³/mol. The van der Waals surface area contributed by atoms with Gasteiger partial charge in [-0.15, -0.1) is 11.3 Å². The Balaban J connectivity index is 1.42. The van der Waals surface area contributed by atoms with Gasteiger partial charge in [0, 0.05) is 36.9 Å². The predicted octanol–water partition coefficient (Wildman–Crippen LogP) is 11.5. The minimum atomic E-state index is 0.916. The molecular weight excluding hydrogens is 504 g/mol. The summed E-state index contributed by atoms with van der Waals surface area (Å²) in [5.41, 5.74) is 9.21. The molecule has 0 radical (unpaired) electrons. The molecule has 40 heavy (non-hydrogen) atoms. The lowest BCUT2D eigenvalue weighted by Crippen LogP contribution is -1.89. The minimum absolute atomic E-state index is 0.916. The number of furan rings is 1. The summed E-state index contributed by atoms with van der Waals surface area (Å²) >= 11 is 1.88. The molecule has 0 saturated carbocycles. The molecule has 0 unspecified atom stereocenters. The van der Waals surface area contributed by atoms with E-state index in [9.17, 15) is 0 Å². The summed E-state index contributed by atoms with van der Waals surface area (Å²) in [6.45, 7) is 0. The van der Waals surface area contributed by atoms with Gasteiger partial charge in [0.15, 0.2) is 0 Å². The summed E-state index contributed by atoms with van der Waals surface area (Å²) in [6.07, 6.45) is 0.